The number of amides is 1. The van der Waals surface area contributed by atoms with Crippen LogP contribution in [-0.4, -0.2) is 30.3 Å². The number of benzene rings is 3. The molecule has 0 spiro atoms. The number of aromatic nitrogens is 1. The van der Waals surface area contributed by atoms with E-state index in [0.717, 1.165) is 11.8 Å². The minimum atomic E-state index is -3.49. The van der Waals surface area contributed by atoms with Gasteiger partial charge in [0.25, 0.3) is 5.91 Å². The van der Waals surface area contributed by atoms with Gasteiger partial charge in [0.1, 0.15) is 0 Å². The summed E-state index contributed by atoms with van der Waals surface area (Å²) in [5.41, 5.74) is 2.57. The van der Waals surface area contributed by atoms with Crippen molar-refractivity contribution in [2.75, 3.05) is 10.6 Å². The third-order valence-corrected chi connectivity index (χ3v) is 6.40. The number of sulfonamides is 1. The van der Waals surface area contributed by atoms with E-state index in [1.165, 1.54) is 4.31 Å². The van der Waals surface area contributed by atoms with Crippen LogP contribution in [-0.2, 0) is 23.6 Å². The van der Waals surface area contributed by atoms with Crippen LogP contribution in [0.25, 0.3) is 10.9 Å². The molecule has 0 saturated carbocycles. The second kappa shape index (κ2) is 8.87. The molecule has 0 aliphatic carbocycles. The Balaban J connectivity index is 1.54. The number of hydrogen-bond donors (Lipinski definition) is 1. The van der Waals surface area contributed by atoms with Crippen molar-refractivity contribution in [1.82, 2.24) is 4.57 Å². The average Bonchev–Trinajstić information content (AvgIpc) is 3.06. The molecule has 0 unspecified atom stereocenters. The quantitative estimate of drug-likeness (QED) is 0.417. The van der Waals surface area contributed by atoms with E-state index in [0.29, 0.717) is 22.2 Å². The molecular weight excluding hydrogens is 440 g/mol. The van der Waals surface area contributed by atoms with Crippen molar-refractivity contribution in [3.63, 3.8) is 0 Å². The number of carbonyl (C=O) groups is 1. The highest BCUT2D eigenvalue weighted by Gasteiger charge is 2.18. The first-order valence-corrected chi connectivity index (χ1v) is 11.9. The van der Waals surface area contributed by atoms with Crippen molar-refractivity contribution in [2.45, 2.75) is 6.54 Å². The van der Waals surface area contributed by atoms with Crippen LogP contribution in [0.3, 0.4) is 0 Å². The maximum atomic E-state index is 12.5. The van der Waals surface area contributed by atoms with E-state index in [1.807, 2.05) is 24.3 Å². The summed E-state index contributed by atoms with van der Waals surface area (Å²) in [6.45, 7) is 0.128. The number of para-hydroxylation sites is 2. The van der Waals surface area contributed by atoms with Gasteiger partial charge in [0, 0.05) is 18.0 Å². The fraction of sp³-hybridized carbons (Fsp3) is 0.125. The summed E-state index contributed by atoms with van der Waals surface area (Å²) in [6, 6.07) is 22.6. The van der Waals surface area contributed by atoms with Gasteiger partial charge in [-0.1, -0.05) is 48.5 Å². The summed E-state index contributed by atoms with van der Waals surface area (Å²) in [4.78, 5) is 12.5. The molecule has 1 N–H and O–H groups in total. The van der Waals surface area contributed by atoms with Gasteiger partial charge >= 0.3 is 0 Å². The number of anilines is 1. The number of nitrogens with zero attached hydrogens (tertiary/aromatic N) is 4. The summed E-state index contributed by atoms with van der Waals surface area (Å²) in [5.74, 6) is -0.651. The molecule has 0 aliphatic heterocycles. The molecule has 9 heteroatoms. The zero-order chi connectivity index (χ0) is 23.6. The van der Waals surface area contributed by atoms with Gasteiger partial charge in [-0.15, -0.1) is 10.2 Å². The third-order valence-electron chi connectivity index (χ3n) is 5.26. The fourth-order valence-corrected chi connectivity index (χ4v) is 4.41. The second-order valence-electron chi connectivity index (χ2n) is 7.56. The number of azo groups is 1. The summed E-state index contributed by atoms with van der Waals surface area (Å²) in [5, 5.41) is 18.8. The van der Waals surface area contributed by atoms with Crippen LogP contribution in [0.15, 0.2) is 89.1 Å². The van der Waals surface area contributed by atoms with E-state index in [-0.39, 0.29) is 18.1 Å². The van der Waals surface area contributed by atoms with Crippen LogP contribution in [0, 0.1) is 0 Å². The van der Waals surface area contributed by atoms with Crippen LogP contribution in [0.5, 0.6) is 5.88 Å². The maximum Gasteiger partial charge on any atom is 0.295 e. The Hall–Kier alpha value is -3.98. The van der Waals surface area contributed by atoms with Gasteiger partial charge in [-0.3, -0.25) is 9.10 Å². The first-order valence-electron chi connectivity index (χ1n) is 10.1. The van der Waals surface area contributed by atoms with Crippen molar-refractivity contribution in [3.8, 4) is 5.88 Å². The van der Waals surface area contributed by atoms with Crippen LogP contribution < -0.4 is 4.31 Å². The minimum Gasteiger partial charge on any atom is -0.493 e. The number of rotatable bonds is 6. The van der Waals surface area contributed by atoms with Gasteiger partial charge in [-0.25, -0.2) is 8.42 Å². The molecule has 4 rings (SSSR count). The Morgan fingerprint density at radius 3 is 2.27 bits per heavy atom. The van der Waals surface area contributed by atoms with Crippen LogP contribution >= 0.6 is 0 Å². The van der Waals surface area contributed by atoms with E-state index in [1.54, 1.807) is 66.2 Å². The lowest BCUT2D eigenvalue weighted by atomic mass is 10.1. The van der Waals surface area contributed by atoms with Gasteiger partial charge < -0.3 is 9.67 Å². The van der Waals surface area contributed by atoms with Crippen molar-refractivity contribution >= 4 is 38.2 Å². The summed E-state index contributed by atoms with van der Waals surface area (Å²) < 4.78 is 27.4. The number of hydrogen-bond acceptors (Lipinski definition) is 5. The van der Waals surface area contributed by atoms with E-state index in [4.69, 9.17) is 0 Å². The zero-order valence-electron chi connectivity index (χ0n) is 18.1. The number of aryl methyl sites for hydroxylation is 1. The lowest BCUT2D eigenvalue weighted by Gasteiger charge is -2.22. The van der Waals surface area contributed by atoms with Gasteiger partial charge in [0.05, 0.1) is 24.0 Å². The van der Waals surface area contributed by atoms with Gasteiger partial charge in [-0.05, 0) is 35.9 Å². The molecule has 0 bridgehead atoms. The standard InChI is InChI=1S/C24H22N4O4S/c1-27-21-11-7-6-10-20(21)22(24(27)30)25-26-23(29)18-14-12-17(13-15-18)16-28(33(2,31)32)19-8-4-3-5-9-19/h3-15,30H,16H2,1-2H3. The number of fused-ring (bicyclic) bond motifs is 1. The summed E-state index contributed by atoms with van der Waals surface area (Å²) in [6.07, 6.45) is 1.15. The summed E-state index contributed by atoms with van der Waals surface area (Å²) in [7, 11) is -1.79. The Morgan fingerprint density at radius 2 is 1.61 bits per heavy atom. The van der Waals surface area contributed by atoms with Crippen molar-refractivity contribution in [2.24, 2.45) is 17.3 Å². The highest BCUT2D eigenvalue weighted by molar-refractivity contribution is 7.92. The second-order valence-corrected chi connectivity index (χ2v) is 9.46. The minimum absolute atomic E-state index is 0.0788. The molecule has 0 radical (unpaired) electrons. The molecular formula is C24H22N4O4S. The van der Waals surface area contributed by atoms with Crippen LogP contribution in [0.4, 0.5) is 11.4 Å². The highest BCUT2D eigenvalue weighted by Crippen LogP contribution is 2.37. The Labute approximate surface area is 191 Å². The lowest BCUT2D eigenvalue weighted by Crippen LogP contribution is -2.29. The van der Waals surface area contributed by atoms with Crippen molar-refractivity contribution in [1.29, 1.82) is 0 Å². The monoisotopic (exact) mass is 462 g/mol. The normalized spacial score (nSPS) is 11.8. The topological polar surface area (TPSA) is 104 Å². The maximum absolute atomic E-state index is 12.5. The smallest absolute Gasteiger partial charge is 0.295 e. The lowest BCUT2D eigenvalue weighted by molar-refractivity contribution is 0.0995. The summed E-state index contributed by atoms with van der Waals surface area (Å²) >= 11 is 0. The van der Waals surface area contributed by atoms with Crippen molar-refractivity contribution in [3.05, 3.63) is 90.0 Å². The molecule has 168 valence electrons. The average molecular weight is 463 g/mol. The first kappa shape index (κ1) is 22.2. The molecule has 0 atom stereocenters. The predicted molar refractivity (Wildman–Crippen MR) is 127 cm³/mol. The SMILES string of the molecule is Cn1c(O)c(N=NC(=O)c2ccc(CN(c3ccccc3)S(C)(=O)=O)cc2)c2ccccc21. The predicted octanol–water partition coefficient (Wildman–Crippen LogP) is 4.77. The first-order chi connectivity index (χ1) is 15.8. The van der Waals surface area contributed by atoms with Crippen molar-refractivity contribution < 1.29 is 18.3 Å². The molecule has 0 aliphatic rings. The van der Waals surface area contributed by atoms with E-state index in [2.05, 4.69) is 10.2 Å². The van der Waals surface area contributed by atoms with Crippen LogP contribution in [0.1, 0.15) is 15.9 Å². The number of aromatic hydroxyl groups is 1. The molecule has 8 nitrogen and oxygen atoms in total. The van der Waals surface area contributed by atoms with E-state index < -0.39 is 15.9 Å². The molecule has 4 aromatic rings. The molecule has 33 heavy (non-hydrogen) atoms. The highest BCUT2D eigenvalue weighted by atomic mass is 32.2. The fourth-order valence-electron chi connectivity index (χ4n) is 3.52. The number of carbonyl (C=O) groups excluding carboxylic acids is 1. The molecule has 1 heterocycles. The molecule has 0 fully saturated rings. The zero-order valence-corrected chi connectivity index (χ0v) is 18.9. The molecule has 1 amide bonds. The van der Waals surface area contributed by atoms with E-state index in [9.17, 15) is 18.3 Å². The van der Waals surface area contributed by atoms with Gasteiger partial charge in [0.2, 0.25) is 15.9 Å². The van der Waals surface area contributed by atoms with E-state index >= 15 is 0 Å². The molecule has 3 aromatic carbocycles. The van der Waals surface area contributed by atoms with Gasteiger partial charge in [-0.2, -0.15) is 0 Å². The molecule has 1 aromatic heterocycles. The van der Waals surface area contributed by atoms with Gasteiger partial charge in [0.15, 0.2) is 5.69 Å². The molecule has 0 saturated heterocycles. The largest absolute Gasteiger partial charge is 0.493 e. The third kappa shape index (κ3) is 4.63. The Bertz CT molecular complexity index is 1440. The Morgan fingerprint density at radius 1 is 0.970 bits per heavy atom. The van der Waals surface area contributed by atoms with Crippen LogP contribution in [0.2, 0.25) is 0 Å². The Kier molecular flexibility index (Phi) is 5.97.